The first kappa shape index (κ1) is 10.2. The molecule has 1 aromatic heterocycles. The van der Waals surface area contributed by atoms with E-state index in [4.69, 9.17) is 17.3 Å². The highest BCUT2D eigenvalue weighted by atomic mass is 35.5. The molecule has 0 aromatic carbocycles. The lowest BCUT2D eigenvalue weighted by Crippen LogP contribution is -2.34. The SMILES string of the molecule is NC1SCCN1Cc1ccc(Cl)nc1. The number of pyridine rings is 1. The molecule has 1 aliphatic heterocycles. The van der Waals surface area contributed by atoms with Gasteiger partial charge in [0.25, 0.3) is 0 Å². The van der Waals surface area contributed by atoms with Crippen molar-refractivity contribution in [3.8, 4) is 0 Å². The summed E-state index contributed by atoms with van der Waals surface area (Å²) in [5.74, 6) is 1.11. The third-order valence-electron chi connectivity index (χ3n) is 2.20. The predicted octanol–water partition coefficient (Wildman–Crippen LogP) is 1.53. The first-order valence-corrected chi connectivity index (χ1v) is 5.90. The number of aromatic nitrogens is 1. The Kier molecular flexibility index (Phi) is 3.28. The van der Waals surface area contributed by atoms with E-state index in [-0.39, 0.29) is 5.50 Å². The van der Waals surface area contributed by atoms with Gasteiger partial charge in [0, 0.05) is 25.0 Å². The molecule has 0 aliphatic carbocycles. The van der Waals surface area contributed by atoms with Gasteiger partial charge in [-0.25, -0.2) is 4.98 Å². The molecule has 0 spiro atoms. The molecule has 14 heavy (non-hydrogen) atoms. The molecule has 3 nitrogen and oxygen atoms in total. The Balaban J connectivity index is 2.00. The second-order valence-electron chi connectivity index (χ2n) is 3.22. The summed E-state index contributed by atoms with van der Waals surface area (Å²) in [7, 11) is 0. The summed E-state index contributed by atoms with van der Waals surface area (Å²) in [6, 6.07) is 3.80. The van der Waals surface area contributed by atoms with Crippen molar-refractivity contribution in [2.75, 3.05) is 12.3 Å². The number of hydrogen-bond acceptors (Lipinski definition) is 4. The Morgan fingerprint density at radius 3 is 3.07 bits per heavy atom. The van der Waals surface area contributed by atoms with Crippen LogP contribution in [-0.2, 0) is 6.54 Å². The lowest BCUT2D eigenvalue weighted by atomic mass is 10.3. The molecular formula is C9H12ClN3S. The van der Waals surface area contributed by atoms with Gasteiger partial charge in [0.1, 0.15) is 10.7 Å². The number of nitrogens with two attached hydrogens (primary N) is 1. The van der Waals surface area contributed by atoms with Crippen molar-refractivity contribution in [2.24, 2.45) is 5.73 Å². The molecule has 76 valence electrons. The highest BCUT2D eigenvalue weighted by molar-refractivity contribution is 8.00. The first-order valence-electron chi connectivity index (χ1n) is 4.47. The fourth-order valence-electron chi connectivity index (χ4n) is 1.43. The topological polar surface area (TPSA) is 42.1 Å². The van der Waals surface area contributed by atoms with E-state index in [0.29, 0.717) is 5.15 Å². The van der Waals surface area contributed by atoms with Gasteiger partial charge < -0.3 is 5.73 Å². The van der Waals surface area contributed by atoms with E-state index in [1.54, 1.807) is 18.0 Å². The Bertz CT molecular complexity index is 303. The fourth-order valence-corrected chi connectivity index (χ4v) is 2.51. The van der Waals surface area contributed by atoms with Gasteiger partial charge in [0.15, 0.2) is 0 Å². The summed E-state index contributed by atoms with van der Waals surface area (Å²) in [6.07, 6.45) is 1.80. The van der Waals surface area contributed by atoms with E-state index in [1.807, 2.05) is 12.1 Å². The molecule has 2 rings (SSSR count). The van der Waals surface area contributed by atoms with Crippen molar-refractivity contribution in [3.05, 3.63) is 29.0 Å². The third-order valence-corrected chi connectivity index (χ3v) is 3.48. The van der Waals surface area contributed by atoms with Gasteiger partial charge in [-0.05, 0) is 11.6 Å². The summed E-state index contributed by atoms with van der Waals surface area (Å²) in [4.78, 5) is 6.27. The number of thioether (sulfide) groups is 1. The van der Waals surface area contributed by atoms with Gasteiger partial charge in [-0.2, -0.15) is 0 Å². The van der Waals surface area contributed by atoms with Crippen LogP contribution in [0.5, 0.6) is 0 Å². The molecule has 0 bridgehead atoms. The van der Waals surface area contributed by atoms with E-state index < -0.39 is 0 Å². The van der Waals surface area contributed by atoms with Crippen molar-refractivity contribution < 1.29 is 0 Å². The van der Waals surface area contributed by atoms with Crippen molar-refractivity contribution >= 4 is 23.4 Å². The number of hydrogen-bond donors (Lipinski definition) is 1. The summed E-state index contributed by atoms with van der Waals surface area (Å²) >= 11 is 7.49. The molecule has 5 heteroatoms. The van der Waals surface area contributed by atoms with E-state index in [1.165, 1.54) is 0 Å². The quantitative estimate of drug-likeness (QED) is 0.781. The lowest BCUT2D eigenvalue weighted by molar-refractivity contribution is 0.283. The van der Waals surface area contributed by atoms with Crippen LogP contribution in [-0.4, -0.2) is 27.7 Å². The minimum absolute atomic E-state index is 0.130. The van der Waals surface area contributed by atoms with E-state index in [9.17, 15) is 0 Å². The van der Waals surface area contributed by atoms with Crippen molar-refractivity contribution in [1.82, 2.24) is 9.88 Å². The maximum Gasteiger partial charge on any atom is 0.129 e. The van der Waals surface area contributed by atoms with Crippen LogP contribution >= 0.6 is 23.4 Å². The molecule has 0 radical (unpaired) electrons. The second kappa shape index (κ2) is 4.49. The average molecular weight is 230 g/mol. The van der Waals surface area contributed by atoms with E-state index >= 15 is 0 Å². The van der Waals surface area contributed by atoms with Crippen LogP contribution in [0.2, 0.25) is 5.15 Å². The molecule has 2 N–H and O–H groups in total. The smallest absolute Gasteiger partial charge is 0.129 e. The monoisotopic (exact) mass is 229 g/mol. The average Bonchev–Trinajstić information content (AvgIpc) is 2.56. The molecule has 1 aromatic rings. The maximum absolute atomic E-state index is 5.90. The van der Waals surface area contributed by atoms with Gasteiger partial charge in [-0.15, -0.1) is 11.8 Å². The Labute approximate surface area is 92.6 Å². The largest absolute Gasteiger partial charge is 0.307 e. The summed E-state index contributed by atoms with van der Waals surface area (Å²) < 4.78 is 0. The molecule has 1 aliphatic rings. The van der Waals surface area contributed by atoms with Gasteiger partial charge in [0.05, 0.1) is 0 Å². The van der Waals surface area contributed by atoms with Crippen LogP contribution in [0.1, 0.15) is 5.56 Å². The normalized spacial score (nSPS) is 22.9. The van der Waals surface area contributed by atoms with E-state index in [0.717, 1.165) is 24.4 Å². The minimum atomic E-state index is 0.130. The standard InChI is InChI=1S/C9H12ClN3S/c10-8-2-1-7(5-12-8)6-13-3-4-14-9(13)11/h1-2,5,9H,3-4,6,11H2. The van der Waals surface area contributed by atoms with Crippen LogP contribution in [0.3, 0.4) is 0 Å². The van der Waals surface area contributed by atoms with Gasteiger partial charge in [0.2, 0.25) is 0 Å². The molecule has 0 saturated carbocycles. The second-order valence-corrected chi connectivity index (χ2v) is 4.83. The number of nitrogens with zero attached hydrogens (tertiary/aromatic N) is 2. The maximum atomic E-state index is 5.90. The van der Waals surface area contributed by atoms with Crippen molar-refractivity contribution in [2.45, 2.75) is 12.0 Å². The summed E-state index contributed by atoms with van der Waals surface area (Å²) in [6.45, 7) is 1.91. The Morgan fingerprint density at radius 1 is 1.64 bits per heavy atom. The number of halogens is 1. The fraction of sp³-hybridized carbons (Fsp3) is 0.444. The molecule has 2 heterocycles. The van der Waals surface area contributed by atoms with Crippen molar-refractivity contribution in [1.29, 1.82) is 0 Å². The zero-order valence-electron chi connectivity index (χ0n) is 7.69. The summed E-state index contributed by atoms with van der Waals surface area (Å²) in [5, 5.41) is 0.536. The van der Waals surface area contributed by atoms with Gasteiger partial charge in [-0.1, -0.05) is 17.7 Å². The van der Waals surface area contributed by atoms with Gasteiger partial charge >= 0.3 is 0 Å². The molecule has 1 unspecified atom stereocenters. The van der Waals surface area contributed by atoms with Crippen LogP contribution in [0.25, 0.3) is 0 Å². The zero-order chi connectivity index (χ0) is 9.97. The minimum Gasteiger partial charge on any atom is -0.307 e. The highest BCUT2D eigenvalue weighted by Gasteiger charge is 2.20. The summed E-state index contributed by atoms with van der Waals surface area (Å²) in [5.41, 5.74) is 7.19. The zero-order valence-corrected chi connectivity index (χ0v) is 9.26. The van der Waals surface area contributed by atoms with Crippen LogP contribution < -0.4 is 5.73 Å². The van der Waals surface area contributed by atoms with Gasteiger partial charge in [-0.3, -0.25) is 4.90 Å². The predicted molar refractivity (Wildman–Crippen MR) is 60.1 cm³/mol. The molecule has 1 saturated heterocycles. The number of rotatable bonds is 2. The molecular weight excluding hydrogens is 218 g/mol. The van der Waals surface area contributed by atoms with E-state index in [2.05, 4.69) is 9.88 Å². The van der Waals surface area contributed by atoms with Crippen LogP contribution in [0.15, 0.2) is 18.3 Å². The first-order chi connectivity index (χ1) is 6.75. The Hall–Kier alpha value is -0.290. The van der Waals surface area contributed by atoms with Crippen molar-refractivity contribution in [3.63, 3.8) is 0 Å². The third kappa shape index (κ3) is 2.39. The molecule has 0 amide bonds. The molecule has 1 atom stereocenters. The highest BCUT2D eigenvalue weighted by Crippen LogP contribution is 2.21. The van der Waals surface area contributed by atoms with Crippen LogP contribution in [0, 0.1) is 0 Å². The van der Waals surface area contributed by atoms with Crippen LogP contribution in [0.4, 0.5) is 0 Å². The Morgan fingerprint density at radius 2 is 2.50 bits per heavy atom. The lowest BCUT2D eigenvalue weighted by Gasteiger charge is -2.19. The molecule has 1 fully saturated rings.